The van der Waals surface area contributed by atoms with E-state index < -0.39 is 11.8 Å². The Balaban J connectivity index is 2.06. The molecule has 0 atom stereocenters. The Bertz CT molecular complexity index is 576. The number of carbonyl (C=O) groups excluding carboxylic acids is 2. The molecule has 0 bridgehead atoms. The lowest BCUT2D eigenvalue weighted by molar-refractivity contribution is -0.144. The molecule has 2 rings (SSSR count). The first-order valence-corrected chi connectivity index (χ1v) is 8.36. The molecule has 23 heavy (non-hydrogen) atoms. The van der Waals surface area contributed by atoms with Crippen LogP contribution in [0.1, 0.15) is 37.8 Å². The first-order chi connectivity index (χ1) is 10.9. The van der Waals surface area contributed by atoms with Gasteiger partial charge in [0.15, 0.2) is 0 Å². The highest BCUT2D eigenvalue weighted by Crippen LogP contribution is 2.27. The number of para-hydroxylation sites is 1. The summed E-state index contributed by atoms with van der Waals surface area (Å²) >= 11 is 0. The van der Waals surface area contributed by atoms with Gasteiger partial charge in [-0.2, -0.15) is 0 Å². The summed E-state index contributed by atoms with van der Waals surface area (Å²) in [5, 5.41) is 2.84. The van der Waals surface area contributed by atoms with Gasteiger partial charge in [0.1, 0.15) is 0 Å². The van der Waals surface area contributed by atoms with E-state index in [1.165, 1.54) is 0 Å². The van der Waals surface area contributed by atoms with Crippen molar-refractivity contribution in [1.82, 2.24) is 9.80 Å². The van der Waals surface area contributed by atoms with Crippen LogP contribution in [0.15, 0.2) is 18.2 Å². The summed E-state index contributed by atoms with van der Waals surface area (Å²) < 4.78 is 0. The van der Waals surface area contributed by atoms with Gasteiger partial charge in [0.05, 0.1) is 0 Å². The summed E-state index contributed by atoms with van der Waals surface area (Å²) in [6, 6.07) is 5.93. The fourth-order valence-corrected chi connectivity index (χ4v) is 2.92. The normalized spacial score (nSPS) is 15.8. The molecule has 1 N–H and O–H groups in total. The Kier molecular flexibility index (Phi) is 5.77. The van der Waals surface area contributed by atoms with Crippen LogP contribution in [0.2, 0.25) is 0 Å². The van der Waals surface area contributed by atoms with Crippen molar-refractivity contribution in [3.8, 4) is 0 Å². The van der Waals surface area contributed by atoms with Gasteiger partial charge in [-0.05, 0) is 30.5 Å². The first kappa shape index (κ1) is 17.5. The number of likely N-dealkylation sites (N-methyl/N-ethyl adjacent to an activating group) is 1. The first-order valence-electron chi connectivity index (χ1n) is 8.36. The van der Waals surface area contributed by atoms with Crippen molar-refractivity contribution in [2.24, 2.45) is 0 Å². The zero-order valence-corrected chi connectivity index (χ0v) is 14.6. The van der Waals surface area contributed by atoms with Gasteiger partial charge in [-0.25, -0.2) is 0 Å². The molecule has 1 saturated heterocycles. The number of hydrogen-bond donors (Lipinski definition) is 1. The number of hydrogen-bond acceptors (Lipinski definition) is 3. The van der Waals surface area contributed by atoms with Gasteiger partial charge in [-0.3, -0.25) is 9.59 Å². The number of nitrogens with zero attached hydrogens (tertiary/aromatic N) is 2. The zero-order valence-electron chi connectivity index (χ0n) is 14.6. The van der Waals surface area contributed by atoms with Crippen LogP contribution in [0, 0.1) is 6.92 Å². The van der Waals surface area contributed by atoms with Crippen LogP contribution >= 0.6 is 0 Å². The van der Waals surface area contributed by atoms with Gasteiger partial charge in [-0.1, -0.05) is 39.0 Å². The monoisotopic (exact) mass is 317 g/mol. The van der Waals surface area contributed by atoms with E-state index in [-0.39, 0.29) is 5.92 Å². The molecule has 5 nitrogen and oxygen atoms in total. The zero-order chi connectivity index (χ0) is 17.0. The maximum Gasteiger partial charge on any atom is 0.313 e. The van der Waals surface area contributed by atoms with Gasteiger partial charge in [0.2, 0.25) is 0 Å². The van der Waals surface area contributed by atoms with E-state index in [2.05, 4.69) is 31.0 Å². The van der Waals surface area contributed by atoms with Crippen LogP contribution in [0.5, 0.6) is 0 Å². The van der Waals surface area contributed by atoms with Crippen LogP contribution < -0.4 is 5.32 Å². The molecule has 0 unspecified atom stereocenters. The Morgan fingerprint density at radius 3 is 2.39 bits per heavy atom. The van der Waals surface area contributed by atoms with Crippen molar-refractivity contribution >= 4 is 17.5 Å². The predicted octanol–water partition coefficient (Wildman–Crippen LogP) is 2.22. The molecule has 126 valence electrons. The van der Waals surface area contributed by atoms with Crippen LogP contribution in [0.25, 0.3) is 0 Å². The molecule has 0 saturated carbocycles. The molecule has 1 heterocycles. The summed E-state index contributed by atoms with van der Waals surface area (Å²) in [7, 11) is 0. The maximum atomic E-state index is 12.4. The lowest BCUT2D eigenvalue weighted by Gasteiger charge is -2.33. The number of nitrogens with one attached hydrogen (secondary N) is 1. The Labute approximate surface area is 138 Å². The minimum atomic E-state index is -0.536. The minimum absolute atomic E-state index is 0.286. The topological polar surface area (TPSA) is 52.7 Å². The lowest BCUT2D eigenvalue weighted by atomic mass is 9.98. The molecule has 0 aliphatic carbocycles. The average Bonchev–Trinajstić information content (AvgIpc) is 2.55. The van der Waals surface area contributed by atoms with E-state index >= 15 is 0 Å². The second-order valence-corrected chi connectivity index (χ2v) is 6.37. The van der Waals surface area contributed by atoms with Crippen LogP contribution in [0.3, 0.4) is 0 Å². The van der Waals surface area contributed by atoms with Crippen LogP contribution in [-0.2, 0) is 9.59 Å². The summed E-state index contributed by atoms with van der Waals surface area (Å²) in [5.41, 5.74) is 2.81. The molecule has 2 amide bonds. The molecule has 5 heteroatoms. The van der Waals surface area contributed by atoms with Gasteiger partial charge in [-0.15, -0.1) is 0 Å². The molecule has 0 aromatic heterocycles. The fraction of sp³-hybridized carbons (Fsp3) is 0.556. The highest BCUT2D eigenvalue weighted by Gasteiger charge is 2.26. The Morgan fingerprint density at radius 1 is 1.17 bits per heavy atom. The molecular formula is C18H27N3O2. The van der Waals surface area contributed by atoms with E-state index in [0.717, 1.165) is 36.4 Å². The van der Waals surface area contributed by atoms with Crippen LogP contribution in [0.4, 0.5) is 5.69 Å². The van der Waals surface area contributed by atoms with E-state index in [0.29, 0.717) is 13.1 Å². The number of amides is 2. The molecule has 0 spiro atoms. The van der Waals surface area contributed by atoms with Gasteiger partial charge < -0.3 is 15.1 Å². The number of aryl methyl sites for hydroxylation is 1. The second-order valence-electron chi connectivity index (χ2n) is 6.37. The summed E-state index contributed by atoms with van der Waals surface area (Å²) in [5.74, 6) is -0.682. The molecule has 1 aliphatic rings. The van der Waals surface area contributed by atoms with E-state index in [9.17, 15) is 9.59 Å². The average molecular weight is 317 g/mol. The predicted molar refractivity (Wildman–Crippen MR) is 92.6 cm³/mol. The maximum absolute atomic E-state index is 12.4. The van der Waals surface area contributed by atoms with Crippen molar-refractivity contribution in [3.05, 3.63) is 29.3 Å². The second kappa shape index (κ2) is 7.59. The number of anilines is 1. The molecule has 1 aromatic rings. The third-order valence-corrected chi connectivity index (χ3v) is 4.47. The number of benzene rings is 1. The van der Waals surface area contributed by atoms with E-state index in [4.69, 9.17) is 0 Å². The molecular weight excluding hydrogens is 290 g/mol. The van der Waals surface area contributed by atoms with Crippen LogP contribution in [-0.4, -0.2) is 54.3 Å². The Hall–Kier alpha value is -1.88. The summed E-state index contributed by atoms with van der Waals surface area (Å²) in [4.78, 5) is 28.7. The summed E-state index contributed by atoms with van der Waals surface area (Å²) in [6.07, 6.45) is 0. The molecule has 1 fully saturated rings. The molecule has 1 aromatic carbocycles. The molecule has 1 aliphatic heterocycles. The quantitative estimate of drug-likeness (QED) is 0.870. The summed E-state index contributed by atoms with van der Waals surface area (Å²) in [6.45, 7) is 12.1. The third-order valence-electron chi connectivity index (χ3n) is 4.47. The third kappa shape index (κ3) is 4.10. The standard InChI is InChI=1S/C18H27N3O2/c1-5-20-9-11-21(12-10-20)18(23)17(22)19-16-14(4)7-6-8-15(16)13(2)3/h6-8,13H,5,9-12H2,1-4H3,(H,19,22). The SMILES string of the molecule is CCN1CCN(C(=O)C(=O)Nc2c(C)cccc2C(C)C)CC1. The van der Waals surface area contributed by atoms with Gasteiger partial charge in [0, 0.05) is 31.9 Å². The van der Waals surface area contributed by atoms with Crippen molar-refractivity contribution in [2.45, 2.75) is 33.6 Å². The van der Waals surface area contributed by atoms with Gasteiger partial charge in [0.25, 0.3) is 0 Å². The number of piperazine rings is 1. The number of carbonyl (C=O) groups is 2. The van der Waals surface area contributed by atoms with E-state index in [1.54, 1.807) is 4.90 Å². The minimum Gasteiger partial charge on any atom is -0.332 e. The van der Waals surface area contributed by atoms with Crippen molar-refractivity contribution < 1.29 is 9.59 Å². The van der Waals surface area contributed by atoms with E-state index in [1.807, 2.05) is 25.1 Å². The highest BCUT2D eigenvalue weighted by molar-refractivity contribution is 6.39. The van der Waals surface area contributed by atoms with Crippen molar-refractivity contribution in [3.63, 3.8) is 0 Å². The van der Waals surface area contributed by atoms with Crippen molar-refractivity contribution in [1.29, 1.82) is 0 Å². The largest absolute Gasteiger partial charge is 0.332 e. The fourth-order valence-electron chi connectivity index (χ4n) is 2.92. The highest BCUT2D eigenvalue weighted by atomic mass is 16.2. The lowest BCUT2D eigenvalue weighted by Crippen LogP contribution is -2.51. The molecule has 0 radical (unpaired) electrons. The number of rotatable bonds is 3. The van der Waals surface area contributed by atoms with Gasteiger partial charge >= 0.3 is 11.8 Å². The smallest absolute Gasteiger partial charge is 0.313 e. The Morgan fingerprint density at radius 2 is 1.83 bits per heavy atom. The van der Waals surface area contributed by atoms with Crippen molar-refractivity contribution in [2.75, 3.05) is 38.0 Å².